The van der Waals surface area contributed by atoms with Gasteiger partial charge in [0.25, 0.3) is 0 Å². The molecule has 0 aliphatic rings. The number of hydrogen-bond acceptors (Lipinski definition) is 0. The van der Waals surface area contributed by atoms with Gasteiger partial charge in [-0.3, -0.25) is 0 Å². The molecule has 7 heavy (non-hydrogen) atoms. The Hall–Kier alpha value is 0.427. The average molecular weight is 146 g/mol. The summed E-state index contributed by atoms with van der Waals surface area (Å²) in [4.78, 5) is 0. The van der Waals surface area contributed by atoms with E-state index in [0.717, 1.165) is 19.6 Å². The topological polar surface area (TPSA) is 0 Å². The zero-order valence-electron chi connectivity index (χ0n) is 4.83. The van der Waals surface area contributed by atoms with Crippen LogP contribution in [0.15, 0.2) is 0 Å². The van der Waals surface area contributed by atoms with Crippen molar-refractivity contribution in [3.63, 3.8) is 0 Å². The SMILES string of the molecule is C[Si-](C)(C)(F)F.[SH3+]. The molecule has 0 unspecified atom stereocenters. The smallest absolute Gasteiger partial charge is 0.0576 e. The third kappa shape index (κ3) is 691. The molecule has 4 heteroatoms. The molecule has 0 bridgehead atoms. The van der Waals surface area contributed by atoms with Crippen molar-refractivity contribution in [2.75, 3.05) is 0 Å². The molecule has 0 saturated heterocycles. The summed E-state index contributed by atoms with van der Waals surface area (Å²) in [5.74, 6) is 0. The molecular weight excluding hydrogens is 134 g/mol. The van der Waals surface area contributed by atoms with Gasteiger partial charge in [0.2, 0.25) is 0 Å². The largest absolute Gasteiger partial charge is 0.0576 e. The Kier molecular flexibility index (Phi) is 2.59. The van der Waals surface area contributed by atoms with Crippen LogP contribution in [0.2, 0.25) is 19.6 Å². The quantitative estimate of drug-likeness (QED) is 0.275. The molecule has 48 valence electrons. The van der Waals surface area contributed by atoms with Crippen LogP contribution in [0.4, 0.5) is 8.22 Å². The van der Waals surface area contributed by atoms with Crippen molar-refractivity contribution < 1.29 is 8.22 Å². The van der Waals surface area contributed by atoms with Crippen molar-refractivity contribution in [3.05, 3.63) is 0 Å². The van der Waals surface area contributed by atoms with Gasteiger partial charge in [-0.1, -0.05) is 13.5 Å². The van der Waals surface area contributed by atoms with Crippen LogP contribution in [0, 0.1) is 0 Å². The Bertz CT molecular complexity index is 46.1. The van der Waals surface area contributed by atoms with Crippen LogP contribution in [0.25, 0.3) is 0 Å². The standard InChI is InChI=1S/C3H9F2Si.H2S/c1-6(2,3,4)5;/h1-3H3;1H2/q-1;/p+1. The van der Waals surface area contributed by atoms with E-state index in [2.05, 4.69) is 0 Å². The molecule has 0 heterocycles. The summed E-state index contributed by atoms with van der Waals surface area (Å²) in [5, 5.41) is 0. The molecule has 0 radical (unpaired) electrons. The van der Waals surface area contributed by atoms with E-state index in [0.29, 0.717) is 0 Å². The second-order valence-corrected chi connectivity index (χ2v) is 8.12. The maximum Gasteiger partial charge on any atom is -0.0576 e. The minimum absolute atomic E-state index is 0. The average Bonchev–Trinajstić information content (AvgIpc) is 0.650. The van der Waals surface area contributed by atoms with Crippen LogP contribution in [-0.4, -0.2) is 8.02 Å². The summed E-state index contributed by atoms with van der Waals surface area (Å²) in [6, 6.07) is 0. The Morgan fingerprint density at radius 1 is 1.00 bits per heavy atom. The Balaban J connectivity index is 0. The third-order valence-corrected chi connectivity index (χ3v) is 0. The zero-order valence-corrected chi connectivity index (χ0v) is 6.99. The first-order valence-electron chi connectivity index (χ1n) is 1.88. The van der Waals surface area contributed by atoms with Gasteiger partial charge >= 0.3 is 35.9 Å². The molecule has 0 aromatic heterocycles. The zero-order chi connectivity index (χ0) is 5.45. The summed E-state index contributed by atoms with van der Waals surface area (Å²) in [6.45, 7) is 3.08. The van der Waals surface area contributed by atoms with Gasteiger partial charge < -0.3 is 0 Å². The van der Waals surface area contributed by atoms with Crippen molar-refractivity contribution in [1.29, 1.82) is 0 Å². The fourth-order valence-electron chi connectivity index (χ4n) is 0. The molecule has 0 N–H and O–H groups in total. The van der Waals surface area contributed by atoms with E-state index in [1.165, 1.54) is 0 Å². The van der Waals surface area contributed by atoms with Crippen molar-refractivity contribution in [2.24, 2.45) is 0 Å². The number of halogens is 2. The van der Waals surface area contributed by atoms with Gasteiger partial charge in [0.05, 0.1) is 0 Å². The predicted molar refractivity (Wildman–Crippen MR) is 37.1 cm³/mol. The van der Waals surface area contributed by atoms with Crippen LogP contribution in [0.1, 0.15) is 0 Å². The van der Waals surface area contributed by atoms with Crippen LogP contribution >= 0.6 is 0 Å². The van der Waals surface area contributed by atoms with Crippen LogP contribution in [-0.2, 0) is 13.5 Å². The van der Waals surface area contributed by atoms with Crippen molar-refractivity contribution in [3.8, 4) is 0 Å². The first-order valence-corrected chi connectivity index (χ1v) is 5.63. The fraction of sp³-hybridized carbons (Fsp3) is 1.00. The Labute approximate surface area is 50.1 Å². The van der Waals surface area contributed by atoms with Gasteiger partial charge in [-0.25, -0.2) is 0 Å². The number of rotatable bonds is 0. The maximum absolute atomic E-state index is 11.9. The van der Waals surface area contributed by atoms with E-state index in [4.69, 9.17) is 0 Å². The monoisotopic (exact) mass is 146 g/mol. The molecule has 0 aliphatic carbocycles. The van der Waals surface area contributed by atoms with Gasteiger partial charge in [-0.05, 0) is 0 Å². The molecule has 0 amide bonds. The van der Waals surface area contributed by atoms with E-state index in [9.17, 15) is 8.22 Å². The Morgan fingerprint density at radius 2 is 1.00 bits per heavy atom. The van der Waals surface area contributed by atoms with Gasteiger partial charge in [0, 0.05) is 0 Å². The van der Waals surface area contributed by atoms with Crippen LogP contribution in [0.3, 0.4) is 0 Å². The maximum atomic E-state index is 11.9. The molecule has 0 saturated carbocycles. The second kappa shape index (κ2) is 1.74. The molecule has 0 spiro atoms. The normalized spacial score (nSPS) is 16.4. The van der Waals surface area contributed by atoms with E-state index < -0.39 is 8.02 Å². The molecule has 0 atom stereocenters. The van der Waals surface area contributed by atoms with E-state index in [1.807, 2.05) is 0 Å². The fourth-order valence-corrected chi connectivity index (χ4v) is 0. The summed E-state index contributed by atoms with van der Waals surface area (Å²) in [6.07, 6.45) is 0. The molecule has 0 aromatic carbocycles. The van der Waals surface area contributed by atoms with Crippen molar-refractivity contribution >= 4 is 21.5 Å². The summed E-state index contributed by atoms with van der Waals surface area (Å²) in [7, 11) is -4.25. The summed E-state index contributed by atoms with van der Waals surface area (Å²) >= 11 is 0. The summed E-state index contributed by atoms with van der Waals surface area (Å²) < 4.78 is 23.7. The number of hydrogen-bond donors (Lipinski definition) is 0. The van der Waals surface area contributed by atoms with Gasteiger partial charge in [0.1, 0.15) is 0 Å². The third-order valence-electron chi connectivity index (χ3n) is 0. The molecule has 0 aromatic rings. The van der Waals surface area contributed by atoms with E-state index in [1.54, 1.807) is 0 Å². The molecular formula is C3H12F2SSi. The predicted octanol–water partition coefficient (Wildman–Crippen LogP) is 1.41. The second-order valence-electron chi connectivity index (χ2n) is 2.71. The first-order chi connectivity index (χ1) is 2.24. The van der Waals surface area contributed by atoms with Gasteiger partial charge in [-0.15, -0.1) is 0 Å². The minimum atomic E-state index is -4.25. The van der Waals surface area contributed by atoms with Crippen molar-refractivity contribution in [2.45, 2.75) is 19.6 Å². The van der Waals surface area contributed by atoms with Crippen molar-refractivity contribution in [1.82, 2.24) is 0 Å². The Morgan fingerprint density at radius 3 is 1.00 bits per heavy atom. The van der Waals surface area contributed by atoms with E-state index >= 15 is 0 Å². The van der Waals surface area contributed by atoms with Crippen LogP contribution in [0.5, 0.6) is 0 Å². The molecule has 0 nitrogen and oxygen atoms in total. The summed E-state index contributed by atoms with van der Waals surface area (Å²) in [5.41, 5.74) is 0. The van der Waals surface area contributed by atoms with Crippen LogP contribution < -0.4 is 0 Å². The molecule has 0 aliphatic heterocycles. The molecule has 0 fully saturated rings. The van der Waals surface area contributed by atoms with Gasteiger partial charge in [0.15, 0.2) is 0 Å². The minimum Gasteiger partial charge on any atom is -0.0576 e. The van der Waals surface area contributed by atoms with E-state index in [-0.39, 0.29) is 13.5 Å². The van der Waals surface area contributed by atoms with Gasteiger partial charge in [-0.2, -0.15) is 0 Å². The molecule has 0 rings (SSSR count). The first kappa shape index (κ1) is 10.4.